The first-order valence-corrected chi connectivity index (χ1v) is 7.13. The molecule has 1 saturated heterocycles. The van der Waals surface area contributed by atoms with E-state index in [1.807, 2.05) is 0 Å². The van der Waals surface area contributed by atoms with E-state index in [0.717, 1.165) is 17.6 Å². The average Bonchev–Trinajstić information content (AvgIpc) is 2.82. The fourth-order valence-electron chi connectivity index (χ4n) is 2.95. The Morgan fingerprint density at radius 1 is 1.42 bits per heavy atom. The van der Waals surface area contributed by atoms with Crippen molar-refractivity contribution in [1.29, 1.82) is 0 Å². The molecule has 0 amide bonds. The second-order valence-electron chi connectivity index (χ2n) is 5.57. The lowest BCUT2D eigenvalue weighted by Crippen LogP contribution is -2.37. The number of hydrogen-bond acceptors (Lipinski definition) is 3. The second-order valence-corrected chi connectivity index (χ2v) is 5.57. The van der Waals surface area contributed by atoms with Crippen LogP contribution in [0.1, 0.15) is 30.5 Å². The Hall–Kier alpha value is -1.39. The zero-order chi connectivity index (χ0) is 13.2. The molecular weight excluding hydrogens is 236 g/mol. The minimum absolute atomic E-state index is 0.573. The summed E-state index contributed by atoms with van der Waals surface area (Å²) >= 11 is 0. The molecular formula is C15H22N4. The highest BCUT2D eigenvalue weighted by Gasteiger charge is 2.20. The molecule has 2 aromatic heterocycles. The molecule has 0 spiro atoms. The summed E-state index contributed by atoms with van der Waals surface area (Å²) in [5.41, 5.74) is 9.01. The minimum Gasteiger partial charge on any atom is -0.326 e. The van der Waals surface area contributed by atoms with Crippen molar-refractivity contribution in [2.24, 2.45) is 5.73 Å². The van der Waals surface area contributed by atoms with Crippen LogP contribution in [0, 0.1) is 0 Å². The maximum absolute atomic E-state index is 5.67. The largest absolute Gasteiger partial charge is 0.326 e. The Bertz CT molecular complexity index is 560. The summed E-state index contributed by atoms with van der Waals surface area (Å²) in [7, 11) is 2.23. The highest BCUT2D eigenvalue weighted by Crippen LogP contribution is 2.19. The van der Waals surface area contributed by atoms with Crippen LogP contribution in [0.4, 0.5) is 0 Å². The topological polar surface area (TPSA) is 46.6 Å². The summed E-state index contributed by atoms with van der Waals surface area (Å²) < 4.78 is 2.09. The molecule has 0 bridgehead atoms. The third-order valence-corrected chi connectivity index (χ3v) is 4.18. The lowest BCUT2D eigenvalue weighted by molar-refractivity contribution is 0.184. The van der Waals surface area contributed by atoms with Gasteiger partial charge in [0.05, 0.1) is 5.69 Å². The van der Waals surface area contributed by atoms with Crippen molar-refractivity contribution < 1.29 is 0 Å². The first-order chi connectivity index (χ1) is 9.26. The molecule has 1 atom stereocenters. The monoisotopic (exact) mass is 258 g/mol. The number of imidazole rings is 1. The smallest absolute Gasteiger partial charge is 0.137 e. The number of pyridine rings is 1. The fraction of sp³-hybridized carbons (Fsp3) is 0.533. The lowest BCUT2D eigenvalue weighted by Gasteiger charge is -2.31. The number of aromatic nitrogens is 2. The van der Waals surface area contributed by atoms with Crippen molar-refractivity contribution in [2.75, 3.05) is 13.6 Å². The predicted octanol–water partition coefficient (Wildman–Crippen LogP) is 1.82. The Kier molecular flexibility index (Phi) is 3.53. The SMILES string of the molecule is CN1CCCCC1Cc1cn2ccc(CN)cc2n1. The van der Waals surface area contributed by atoms with Crippen molar-refractivity contribution >= 4 is 5.65 Å². The molecule has 0 aliphatic carbocycles. The molecule has 3 rings (SSSR count). The number of rotatable bonds is 3. The van der Waals surface area contributed by atoms with E-state index < -0.39 is 0 Å². The Morgan fingerprint density at radius 2 is 2.32 bits per heavy atom. The first kappa shape index (κ1) is 12.6. The van der Waals surface area contributed by atoms with Crippen LogP contribution in [-0.2, 0) is 13.0 Å². The summed E-state index contributed by atoms with van der Waals surface area (Å²) in [6, 6.07) is 4.78. The van der Waals surface area contributed by atoms with Gasteiger partial charge in [0, 0.05) is 31.4 Å². The molecule has 2 N–H and O–H groups in total. The summed E-state index contributed by atoms with van der Waals surface area (Å²) in [5, 5.41) is 0. The van der Waals surface area contributed by atoms with E-state index in [2.05, 4.69) is 40.9 Å². The van der Waals surface area contributed by atoms with Gasteiger partial charge in [0.25, 0.3) is 0 Å². The summed E-state index contributed by atoms with van der Waals surface area (Å²) in [6.45, 7) is 1.79. The average molecular weight is 258 g/mol. The minimum atomic E-state index is 0.573. The molecule has 1 aliphatic rings. The molecule has 4 heteroatoms. The van der Waals surface area contributed by atoms with E-state index in [1.54, 1.807) is 0 Å². The van der Waals surface area contributed by atoms with Crippen LogP contribution in [0.15, 0.2) is 24.5 Å². The predicted molar refractivity (Wildman–Crippen MR) is 77.1 cm³/mol. The fourth-order valence-corrected chi connectivity index (χ4v) is 2.95. The van der Waals surface area contributed by atoms with Crippen LogP contribution >= 0.6 is 0 Å². The molecule has 2 aromatic rings. The van der Waals surface area contributed by atoms with Gasteiger partial charge in [-0.05, 0) is 44.1 Å². The van der Waals surface area contributed by atoms with Crippen molar-refractivity contribution in [2.45, 2.75) is 38.3 Å². The number of nitrogens with two attached hydrogens (primary N) is 1. The Labute approximate surface area is 114 Å². The van der Waals surface area contributed by atoms with Crippen LogP contribution in [0.25, 0.3) is 5.65 Å². The molecule has 0 aromatic carbocycles. The number of fused-ring (bicyclic) bond motifs is 1. The van der Waals surface area contributed by atoms with Crippen LogP contribution in [-0.4, -0.2) is 33.9 Å². The van der Waals surface area contributed by atoms with Gasteiger partial charge in [-0.25, -0.2) is 4.98 Å². The maximum atomic E-state index is 5.67. The quantitative estimate of drug-likeness (QED) is 0.913. The molecule has 19 heavy (non-hydrogen) atoms. The van der Waals surface area contributed by atoms with Gasteiger partial charge in [0.2, 0.25) is 0 Å². The summed E-state index contributed by atoms with van der Waals surface area (Å²) in [5.74, 6) is 0. The van der Waals surface area contributed by atoms with E-state index in [9.17, 15) is 0 Å². The van der Waals surface area contributed by atoms with E-state index in [1.165, 1.54) is 31.5 Å². The van der Waals surface area contributed by atoms with Gasteiger partial charge in [-0.2, -0.15) is 0 Å². The molecule has 3 heterocycles. The summed E-state index contributed by atoms with van der Waals surface area (Å²) in [4.78, 5) is 7.20. The van der Waals surface area contributed by atoms with Crippen LogP contribution in [0.2, 0.25) is 0 Å². The van der Waals surface area contributed by atoms with Crippen molar-refractivity contribution in [3.05, 3.63) is 35.8 Å². The standard InChI is InChI=1S/C15H22N4/c1-18-6-3-2-4-14(18)9-13-11-19-7-5-12(10-16)8-15(19)17-13/h5,7-8,11,14H,2-4,6,9-10,16H2,1H3. The van der Waals surface area contributed by atoms with Gasteiger partial charge < -0.3 is 15.0 Å². The third-order valence-electron chi connectivity index (χ3n) is 4.18. The normalized spacial score (nSPS) is 21.1. The van der Waals surface area contributed by atoms with E-state index in [-0.39, 0.29) is 0 Å². The van der Waals surface area contributed by atoms with Gasteiger partial charge in [0.15, 0.2) is 0 Å². The first-order valence-electron chi connectivity index (χ1n) is 7.13. The lowest BCUT2D eigenvalue weighted by atomic mass is 9.99. The number of likely N-dealkylation sites (N-methyl/N-ethyl adjacent to an activating group) is 1. The van der Waals surface area contributed by atoms with Gasteiger partial charge in [-0.1, -0.05) is 6.42 Å². The number of hydrogen-bond donors (Lipinski definition) is 1. The molecule has 4 nitrogen and oxygen atoms in total. The van der Waals surface area contributed by atoms with Crippen molar-refractivity contribution in [1.82, 2.24) is 14.3 Å². The van der Waals surface area contributed by atoms with Crippen molar-refractivity contribution in [3.63, 3.8) is 0 Å². The van der Waals surface area contributed by atoms with Gasteiger partial charge in [-0.15, -0.1) is 0 Å². The molecule has 0 saturated carbocycles. The zero-order valence-corrected chi connectivity index (χ0v) is 11.5. The van der Waals surface area contributed by atoms with Gasteiger partial charge >= 0.3 is 0 Å². The van der Waals surface area contributed by atoms with Crippen LogP contribution in [0.3, 0.4) is 0 Å². The highest BCUT2D eigenvalue weighted by atomic mass is 15.1. The molecule has 102 valence electrons. The van der Waals surface area contributed by atoms with E-state index in [4.69, 9.17) is 10.7 Å². The highest BCUT2D eigenvalue weighted by molar-refractivity contribution is 5.43. The van der Waals surface area contributed by atoms with Gasteiger partial charge in [0.1, 0.15) is 5.65 Å². The van der Waals surface area contributed by atoms with E-state index >= 15 is 0 Å². The Balaban J connectivity index is 1.81. The van der Waals surface area contributed by atoms with Crippen LogP contribution < -0.4 is 5.73 Å². The molecule has 1 aliphatic heterocycles. The molecule has 1 unspecified atom stereocenters. The number of likely N-dealkylation sites (tertiary alicyclic amines) is 1. The number of piperidine rings is 1. The molecule has 1 fully saturated rings. The number of nitrogens with zero attached hydrogens (tertiary/aromatic N) is 3. The third kappa shape index (κ3) is 2.65. The second kappa shape index (κ2) is 5.31. The van der Waals surface area contributed by atoms with Crippen LogP contribution in [0.5, 0.6) is 0 Å². The molecule has 0 radical (unpaired) electrons. The van der Waals surface area contributed by atoms with Gasteiger partial charge in [-0.3, -0.25) is 0 Å². The Morgan fingerprint density at radius 3 is 3.11 bits per heavy atom. The maximum Gasteiger partial charge on any atom is 0.137 e. The van der Waals surface area contributed by atoms with E-state index in [0.29, 0.717) is 12.6 Å². The van der Waals surface area contributed by atoms with Crippen molar-refractivity contribution in [3.8, 4) is 0 Å². The summed E-state index contributed by atoms with van der Waals surface area (Å²) in [6.07, 6.45) is 9.23. The zero-order valence-electron chi connectivity index (χ0n) is 11.5.